The minimum atomic E-state index is 0.869. The van der Waals surface area contributed by atoms with Crippen molar-refractivity contribution in [2.24, 2.45) is 0 Å². The lowest BCUT2D eigenvalue weighted by Gasteiger charge is -2.16. The Balaban J connectivity index is 2.00. The highest BCUT2D eigenvalue weighted by molar-refractivity contribution is 7.97. The monoisotopic (exact) mass is 227 g/mol. The van der Waals surface area contributed by atoms with Crippen LogP contribution in [0.4, 0.5) is 0 Å². The van der Waals surface area contributed by atoms with Gasteiger partial charge in [-0.2, -0.15) is 0 Å². The van der Waals surface area contributed by atoms with Crippen molar-refractivity contribution < 1.29 is 4.79 Å². The molecule has 86 valence electrons. The summed E-state index contributed by atoms with van der Waals surface area (Å²) in [5.74, 6) is 0.962. The average Bonchev–Trinajstić information content (AvgIpc) is 2.70. The highest BCUT2D eigenvalue weighted by Gasteiger charge is 2.13. The minimum absolute atomic E-state index is 0.869. The van der Waals surface area contributed by atoms with Crippen LogP contribution < -0.4 is 0 Å². The molecule has 0 amide bonds. The molecule has 0 unspecified atom stereocenters. The Hall–Kier alpha value is -0.440. The standard InChI is InChI=1S/C12H21NOS/c1-2-3-4-5-6-7-9-13-12(11-14)8-10-15-13/h8,11H,2-7,9-10H2,1H3. The summed E-state index contributed by atoms with van der Waals surface area (Å²) in [6.07, 6.45) is 10.8. The Bertz CT molecular complexity index is 216. The van der Waals surface area contributed by atoms with Crippen LogP contribution in [0.3, 0.4) is 0 Å². The molecule has 3 heteroatoms. The normalized spacial score (nSPS) is 15.5. The molecule has 0 saturated heterocycles. The van der Waals surface area contributed by atoms with Gasteiger partial charge in [0.05, 0.1) is 5.70 Å². The van der Waals surface area contributed by atoms with E-state index in [0.29, 0.717) is 0 Å². The van der Waals surface area contributed by atoms with E-state index < -0.39 is 0 Å². The Morgan fingerprint density at radius 2 is 2.07 bits per heavy atom. The molecule has 1 aliphatic rings. The zero-order valence-electron chi connectivity index (χ0n) is 9.58. The second kappa shape index (κ2) is 7.80. The van der Waals surface area contributed by atoms with Crippen LogP contribution in [-0.4, -0.2) is 22.9 Å². The largest absolute Gasteiger partial charge is 0.313 e. The predicted octanol–water partition coefficient (Wildman–Crippen LogP) is 3.39. The van der Waals surface area contributed by atoms with Gasteiger partial charge in [-0.05, 0) is 24.4 Å². The molecule has 0 atom stereocenters. The molecule has 2 nitrogen and oxygen atoms in total. The number of aldehydes is 1. The number of hydrogen-bond acceptors (Lipinski definition) is 3. The maximum Gasteiger partial charge on any atom is 0.166 e. The van der Waals surface area contributed by atoms with Crippen molar-refractivity contribution in [3.05, 3.63) is 11.8 Å². The molecule has 0 bridgehead atoms. The van der Waals surface area contributed by atoms with E-state index in [2.05, 4.69) is 11.2 Å². The van der Waals surface area contributed by atoms with Gasteiger partial charge < -0.3 is 4.31 Å². The Labute approximate surface area is 97.2 Å². The smallest absolute Gasteiger partial charge is 0.166 e. The van der Waals surface area contributed by atoms with Crippen LogP contribution in [0.2, 0.25) is 0 Å². The number of nitrogens with zero attached hydrogens (tertiary/aromatic N) is 1. The fraction of sp³-hybridized carbons (Fsp3) is 0.750. The van der Waals surface area contributed by atoms with Crippen molar-refractivity contribution in [2.45, 2.75) is 45.4 Å². The van der Waals surface area contributed by atoms with E-state index in [0.717, 1.165) is 24.3 Å². The van der Waals surface area contributed by atoms with Crippen LogP contribution in [0.25, 0.3) is 0 Å². The molecule has 0 saturated carbocycles. The first-order valence-electron chi connectivity index (χ1n) is 5.94. The molecule has 0 aromatic heterocycles. The molecule has 15 heavy (non-hydrogen) atoms. The summed E-state index contributed by atoms with van der Waals surface area (Å²) in [5.41, 5.74) is 0.869. The molecule has 0 aromatic rings. The molecule has 0 fully saturated rings. The number of unbranched alkanes of at least 4 members (excludes halogenated alkanes) is 5. The van der Waals surface area contributed by atoms with E-state index in [1.54, 1.807) is 11.9 Å². The van der Waals surface area contributed by atoms with Crippen molar-refractivity contribution >= 4 is 18.2 Å². The molecule has 1 aliphatic heterocycles. The Kier molecular flexibility index (Phi) is 6.57. The number of carbonyl (C=O) groups excluding carboxylic acids is 1. The lowest BCUT2D eigenvalue weighted by Crippen LogP contribution is -2.13. The van der Waals surface area contributed by atoms with Gasteiger partial charge in [-0.3, -0.25) is 4.79 Å². The summed E-state index contributed by atoms with van der Waals surface area (Å²) >= 11 is 1.75. The zero-order chi connectivity index (χ0) is 10.9. The molecule has 1 rings (SSSR count). The zero-order valence-corrected chi connectivity index (χ0v) is 10.4. The first-order chi connectivity index (χ1) is 7.38. The summed E-state index contributed by atoms with van der Waals surface area (Å²) in [5, 5.41) is 0. The molecule has 0 spiro atoms. The molecular weight excluding hydrogens is 206 g/mol. The number of hydrogen-bond donors (Lipinski definition) is 0. The minimum Gasteiger partial charge on any atom is -0.313 e. The third kappa shape index (κ3) is 4.74. The molecule has 0 N–H and O–H groups in total. The average molecular weight is 227 g/mol. The highest BCUT2D eigenvalue weighted by atomic mass is 32.2. The summed E-state index contributed by atoms with van der Waals surface area (Å²) in [4.78, 5) is 10.7. The van der Waals surface area contributed by atoms with Gasteiger partial charge in [0, 0.05) is 12.3 Å². The quantitative estimate of drug-likeness (QED) is 0.360. The van der Waals surface area contributed by atoms with Gasteiger partial charge in [-0.25, -0.2) is 0 Å². The summed E-state index contributed by atoms with van der Waals surface area (Å²) in [7, 11) is 0. The van der Waals surface area contributed by atoms with Gasteiger partial charge in [-0.1, -0.05) is 39.0 Å². The van der Waals surface area contributed by atoms with Gasteiger partial charge in [0.15, 0.2) is 6.29 Å². The van der Waals surface area contributed by atoms with Crippen molar-refractivity contribution in [3.63, 3.8) is 0 Å². The third-order valence-corrected chi connectivity index (χ3v) is 3.67. The van der Waals surface area contributed by atoms with E-state index >= 15 is 0 Å². The van der Waals surface area contributed by atoms with Crippen molar-refractivity contribution in [3.8, 4) is 0 Å². The van der Waals surface area contributed by atoms with Crippen molar-refractivity contribution in [1.82, 2.24) is 4.31 Å². The fourth-order valence-corrected chi connectivity index (χ4v) is 2.68. The van der Waals surface area contributed by atoms with Crippen LogP contribution in [0.1, 0.15) is 45.4 Å². The van der Waals surface area contributed by atoms with E-state index in [4.69, 9.17) is 0 Å². The second-order valence-electron chi connectivity index (χ2n) is 3.91. The van der Waals surface area contributed by atoms with Gasteiger partial charge >= 0.3 is 0 Å². The maximum atomic E-state index is 10.7. The predicted molar refractivity (Wildman–Crippen MR) is 66.7 cm³/mol. The SMILES string of the molecule is CCCCCCCCN1SCC=C1C=O. The lowest BCUT2D eigenvalue weighted by molar-refractivity contribution is -0.105. The number of allylic oxidation sites excluding steroid dienone is 1. The van der Waals surface area contributed by atoms with Gasteiger partial charge in [-0.15, -0.1) is 0 Å². The summed E-state index contributed by atoms with van der Waals surface area (Å²) in [6, 6.07) is 0. The second-order valence-corrected chi connectivity index (χ2v) is 4.94. The highest BCUT2D eigenvalue weighted by Crippen LogP contribution is 2.24. The Morgan fingerprint density at radius 1 is 1.33 bits per heavy atom. The molecule has 1 heterocycles. The van der Waals surface area contributed by atoms with Gasteiger partial charge in [0.25, 0.3) is 0 Å². The maximum absolute atomic E-state index is 10.7. The van der Waals surface area contributed by atoms with E-state index in [9.17, 15) is 4.79 Å². The van der Waals surface area contributed by atoms with Crippen LogP contribution in [0, 0.1) is 0 Å². The number of rotatable bonds is 8. The van der Waals surface area contributed by atoms with Crippen molar-refractivity contribution in [2.75, 3.05) is 12.3 Å². The first-order valence-corrected chi connectivity index (χ1v) is 6.88. The van der Waals surface area contributed by atoms with Gasteiger partial charge in [0.2, 0.25) is 0 Å². The van der Waals surface area contributed by atoms with Crippen molar-refractivity contribution in [1.29, 1.82) is 0 Å². The third-order valence-electron chi connectivity index (χ3n) is 2.65. The topological polar surface area (TPSA) is 20.3 Å². The molecule has 0 aromatic carbocycles. The lowest BCUT2D eigenvalue weighted by atomic mass is 10.1. The summed E-state index contributed by atoms with van der Waals surface area (Å²) < 4.78 is 2.13. The van der Waals surface area contributed by atoms with E-state index in [1.807, 2.05) is 6.08 Å². The van der Waals surface area contributed by atoms with Crippen LogP contribution in [-0.2, 0) is 4.79 Å². The Morgan fingerprint density at radius 3 is 2.80 bits per heavy atom. The fourth-order valence-electron chi connectivity index (χ4n) is 1.73. The van der Waals surface area contributed by atoms with Crippen LogP contribution in [0.15, 0.2) is 11.8 Å². The van der Waals surface area contributed by atoms with E-state index in [-0.39, 0.29) is 0 Å². The van der Waals surface area contributed by atoms with Crippen LogP contribution in [0.5, 0.6) is 0 Å². The molecule has 0 radical (unpaired) electrons. The van der Waals surface area contributed by atoms with E-state index in [1.165, 1.54) is 38.5 Å². The number of carbonyl (C=O) groups is 1. The van der Waals surface area contributed by atoms with Gasteiger partial charge in [0.1, 0.15) is 0 Å². The van der Waals surface area contributed by atoms with Crippen LogP contribution >= 0.6 is 11.9 Å². The summed E-state index contributed by atoms with van der Waals surface area (Å²) in [6.45, 7) is 3.27. The molecule has 0 aliphatic carbocycles. The molecular formula is C12H21NOS. The first kappa shape index (κ1) is 12.6.